The fourth-order valence-electron chi connectivity index (χ4n) is 3.51. The van der Waals surface area contributed by atoms with E-state index >= 15 is 0 Å². The molecule has 0 saturated heterocycles. The molecule has 162 valence electrons. The lowest BCUT2D eigenvalue weighted by Crippen LogP contribution is -2.36. The number of amides is 1. The molecule has 9 nitrogen and oxygen atoms in total. The van der Waals surface area contributed by atoms with E-state index < -0.39 is 16.1 Å². The first kappa shape index (κ1) is 21.0. The van der Waals surface area contributed by atoms with Gasteiger partial charge in [-0.15, -0.1) is 10.2 Å². The van der Waals surface area contributed by atoms with Crippen LogP contribution in [0.3, 0.4) is 0 Å². The fourth-order valence-corrected chi connectivity index (χ4v) is 4.75. The van der Waals surface area contributed by atoms with Crippen molar-refractivity contribution in [2.75, 3.05) is 6.54 Å². The number of pyridine rings is 1. The van der Waals surface area contributed by atoms with Crippen molar-refractivity contribution in [1.29, 1.82) is 0 Å². The first-order valence-corrected chi connectivity index (χ1v) is 11.7. The number of carbonyl (C=O) groups is 1. The molecule has 4 rings (SSSR count). The van der Waals surface area contributed by atoms with Crippen LogP contribution in [0.1, 0.15) is 37.6 Å². The van der Waals surface area contributed by atoms with Crippen molar-refractivity contribution < 1.29 is 13.2 Å². The summed E-state index contributed by atoms with van der Waals surface area (Å²) in [6.45, 7) is 2.41. The molecular formula is C21H24N6O3S. The Balaban J connectivity index is 1.47. The van der Waals surface area contributed by atoms with Gasteiger partial charge in [0.05, 0.1) is 4.90 Å². The highest BCUT2D eigenvalue weighted by Crippen LogP contribution is 2.23. The van der Waals surface area contributed by atoms with Gasteiger partial charge in [-0.1, -0.05) is 38.0 Å². The number of nitrogens with zero attached hydrogens (tertiary/aromatic N) is 4. The van der Waals surface area contributed by atoms with Gasteiger partial charge < -0.3 is 5.32 Å². The minimum absolute atomic E-state index is 0.182. The Kier molecular flexibility index (Phi) is 5.99. The maximum absolute atomic E-state index is 12.9. The Bertz CT molecular complexity index is 1230. The van der Waals surface area contributed by atoms with E-state index in [2.05, 4.69) is 25.2 Å². The Hall–Kier alpha value is -3.27. The molecule has 1 aromatic carbocycles. The number of aliphatic imine (C=N–C) groups is 1. The molecule has 10 heteroatoms. The minimum atomic E-state index is -3.64. The molecule has 1 atom stereocenters. The summed E-state index contributed by atoms with van der Waals surface area (Å²) >= 11 is 0. The van der Waals surface area contributed by atoms with Crippen molar-refractivity contribution >= 4 is 27.4 Å². The fraction of sp³-hybridized carbons (Fsp3) is 0.333. The second-order valence-electron chi connectivity index (χ2n) is 7.32. The van der Waals surface area contributed by atoms with Crippen molar-refractivity contribution in [2.24, 2.45) is 4.99 Å². The minimum Gasteiger partial charge on any atom is -0.354 e. The number of aromatic nitrogens is 3. The molecular weight excluding hydrogens is 416 g/mol. The third-order valence-electron chi connectivity index (χ3n) is 5.11. The molecule has 2 aromatic heterocycles. The smallest absolute Gasteiger partial charge is 0.263 e. The van der Waals surface area contributed by atoms with E-state index in [0.29, 0.717) is 24.9 Å². The van der Waals surface area contributed by atoms with Crippen LogP contribution in [0.25, 0.3) is 5.65 Å². The summed E-state index contributed by atoms with van der Waals surface area (Å²) in [4.78, 5) is 17.5. The van der Waals surface area contributed by atoms with Crippen molar-refractivity contribution in [1.82, 2.24) is 24.6 Å². The largest absolute Gasteiger partial charge is 0.354 e. The third-order valence-corrected chi connectivity index (χ3v) is 6.51. The normalized spacial score (nSPS) is 16.7. The van der Waals surface area contributed by atoms with Gasteiger partial charge >= 0.3 is 0 Å². The highest BCUT2D eigenvalue weighted by Gasteiger charge is 2.31. The number of amidine groups is 1. The molecule has 0 fully saturated rings. The van der Waals surface area contributed by atoms with Gasteiger partial charge in [-0.05, 0) is 30.7 Å². The summed E-state index contributed by atoms with van der Waals surface area (Å²) in [6, 6.07) is 11.6. The van der Waals surface area contributed by atoms with Crippen LogP contribution < -0.4 is 10.0 Å². The van der Waals surface area contributed by atoms with Crippen LogP contribution in [0.5, 0.6) is 0 Å². The Morgan fingerprint density at radius 2 is 2.00 bits per heavy atom. The quantitative estimate of drug-likeness (QED) is 0.553. The standard InChI is InChI=1S/C21H24N6O3S/c1-2-3-9-16(23-20-15-8-4-5-10-17(15)31(29,30)26-20)21(28)22-13-12-19-25-24-18-11-6-7-14-27(18)19/h4-8,10-11,14,16H,2-3,9,12-13H2,1H3,(H,22,28)(H,23,26)/t16-/m1/s1. The van der Waals surface area contributed by atoms with E-state index in [-0.39, 0.29) is 16.6 Å². The molecule has 1 amide bonds. The molecule has 3 aromatic rings. The molecule has 0 aliphatic carbocycles. The van der Waals surface area contributed by atoms with Gasteiger partial charge in [-0.25, -0.2) is 8.42 Å². The number of fused-ring (bicyclic) bond motifs is 2. The molecule has 1 aliphatic rings. The summed E-state index contributed by atoms with van der Waals surface area (Å²) in [5, 5.41) is 11.2. The van der Waals surface area contributed by atoms with Crippen LogP contribution in [-0.2, 0) is 21.2 Å². The second kappa shape index (κ2) is 8.84. The summed E-state index contributed by atoms with van der Waals surface area (Å²) in [5.74, 6) is 0.735. The highest BCUT2D eigenvalue weighted by molar-refractivity contribution is 7.90. The van der Waals surface area contributed by atoms with Crippen LogP contribution >= 0.6 is 0 Å². The average molecular weight is 441 g/mol. The maximum Gasteiger partial charge on any atom is 0.263 e. The van der Waals surface area contributed by atoms with Gasteiger partial charge in [-0.2, -0.15) is 0 Å². The van der Waals surface area contributed by atoms with Gasteiger partial charge in [0.2, 0.25) is 5.91 Å². The van der Waals surface area contributed by atoms with Crippen molar-refractivity contribution in [3.63, 3.8) is 0 Å². The number of nitrogens with one attached hydrogen (secondary N) is 2. The van der Waals surface area contributed by atoms with Gasteiger partial charge in [-0.3, -0.25) is 18.9 Å². The number of hydrogen-bond donors (Lipinski definition) is 2. The zero-order chi connectivity index (χ0) is 21.8. The topological polar surface area (TPSA) is 118 Å². The number of hydrogen-bond acceptors (Lipinski definition) is 6. The van der Waals surface area contributed by atoms with Gasteiger partial charge in [0.15, 0.2) is 5.65 Å². The van der Waals surface area contributed by atoms with Crippen molar-refractivity contribution in [3.05, 3.63) is 60.0 Å². The first-order chi connectivity index (χ1) is 15.0. The zero-order valence-electron chi connectivity index (χ0n) is 17.2. The molecule has 0 radical (unpaired) electrons. The Morgan fingerprint density at radius 3 is 2.84 bits per heavy atom. The van der Waals surface area contributed by atoms with Crippen LogP contribution in [0.15, 0.2) is 58.5 Å². The highest BCUT2D eigenvalue weighted by atomic mass is 32.2. The van der Waals surface area contributed by atoms with Crippen molar-refractivity contribution in [3.8, 4) is 0 Å². The summed E-state index contributed by atoms with van der Waals surface area (Å²) < 4.78 is 29.0. The molecule has 0 unspecified atom stereocenters. The lowest BCUT2D eigenvalue weighted by molar-refractivity contribution is -0.122. The van der Waals surface area contributed by atoms with E-state index in [1.807, 2.05) is 35.7 Å². The number of carbonyl (C=O) groups excluding carboxylic acids is 1. The van der Waals surface area contributed by atoms with E-state index in [0.717, 1.165) is 24.3 Å². The lowest BCUT2D eigenvalue weighted by atomic mass is 10.1. The number of benzene rings is 1. The molecule has 0 bridgehead atoms. The van der Waals surface area contributed by atoms with E-state index in [1.165, 1.54) is 6.07 Å². The average Bonchev–Trinajstić information content (AvgIpc) is 3.29. The van der Waals surface area contributed by atoms with Crippen molar-refractivity contribution in [2.45, 2.75) is 43.5 Å². The molecule has 31 heavy (non-hydrogen) atoms. The number of unbranched alkanes of at least 4 members (excludes halogenated alkanes) is 1. The maximum atomic E-state index is 12.9. The Morgan fingerprint density at radius 1 is 1.19 bits per heavy atom. The van der Waals surface area contributed by atoms with Gasteiger partial charge in [0.25, 0.3) is 10.0 Å². The summed E-state index contributed by atoms with van der Waals surface area (Å²) in [5.41, 5.74) is 1.25. The van der Waals surface area contributed by atoms with E-state index in [9.17, 15) is 13.2 Å². The Labute approximate surface area is 180 Å². The molecule has 1 aliphatic heterocycles. The number of sulfonamides is 1. The van der Waals surface area contributed by atoms with Crippen LogP contribution in [0.2, 0.25) is 0 Å². The lowest BCUT2D eigenvalue weighted by Gasteiger charge is -2.14. The molecule has 0 saturated carbocycles. The van der Waals surface area contributed by atoms with Gasteiger partial charge in [0.1, 0.15) is 17.7 Å². The predicted molar refractivity (Wildman–Crippen MR) is 116 cm³/mol. The molecule has 3 heterocycles. The van der Waals surface area contributed by atoms with Crippen LogP contribution in [0, 0.1) is 0 Å². The van der Waals surface area contributed by atoms with E-state index in [4.69, 9.17) is 0 Å². The zero-order valence-corrected chi connectivity index (χ0v) is 18.0. The molecule has 0 spiro atoms. The van der Waals surface area contributed by atoms with Crippen LogP contribution in [-0.4, -0.2) is 47.3 Å². The second-order valence-corrected chi connectivity index (χ2v) is 8.97. The SMILES string of the molecule is CCCC[C@@H](N=C1NS(=O)(=O)c2ccccc21)C(=O)NCCc1nnc2ccccn12. The van der Waals surface area contributed by atoms with Crippen LogP contribution in [0.4, 0.5) is 0 Å². The third kappa shape index (κ3) is 4.43. The monoisotopic (exact) mass is 440 g/mol. The predicted octanol–water partition coefficient (Wildman–Crippen LogP) is 1.69. The summed E-state index contributed by atoms with van der Waals surface area (Å²) in [7, 11) is -3.64. The number of rotatable bonds is 8. The summed E-state index contributed by atoms with van der Waals surface area (Å²) in [6.07, 6.45) is 4.64. The van der Waals surface area contributed by atoms with Gasteiger partial charge in [0, 0.05) is 24.7 Å². The first-order valence-electron chi connectivity index (χ1n) is 10.3. The molecule has 2 N–H and O–H groups in total. The van der Waals surface area contributed by atoms with E-state index in [1.54, 1.807) is 18.2 Å².